The highest BCUT2D eigenvalue weighted by Crippen LogP contribution is 2.25. The van der Waals surface area contributed by atoms with Crippen LogP contribution >= 0.6 is 0 Å². The first-order chi connectivity index (χ1) is 9.38. The summed E-state index contributed by atoms with van der Waals surface area (Å²) in [7, 11) is 0. The molecule has 3 rings (SSSR count). The first-order valence-electron chi connectivity index (χ1n) is 7.51. The van der Waals surface area contributed by atoms with Crippen LogP contribution in [-0.4, -0.2) is 48.6 Å². The minimum Gasteiger partial charge on any atom is -0.355 e. The third-order valence-corrected chi connectivity index (χ3v) is 4.38. The van der Waals surface area contributed by atoms with Crippen molar-refractivity contribution in [1.29, 1.82) is 0 Å². The van der Waals surface area contributed by atoms with Gasteiger partial charge in [-0.2, -0.15) is 0 Å². The lowest BCUT2D eigenvalue weighted by Crippen LogP contribution is -2.37. The summed E-state index contributed by atoms with van der Waals surface area (Å²) < 4.78 is 0. The Morgan fingerprint density at radius 3 is 3.05 bits per heavy atom. The van der Waals surface area contributed by atoms with Crippen LogP contribution in [0.4, 0.5) is 5.82 Å². The zero-order chi connectivity index (χ0) is 13.1. The normalized spacial score (nSPS) is 24.3. The van der Waals surface area contributed by atoms with E-state index >= 15 is 0 Å². The van der Waals surface area contributed by atoms with Crippen LogP contribution in [0.5, 0.6) is 0 Å². The molecule has 2 aliphatic heterocycles. The summed E-state index contributed by atoms with van der Waals surface area (Å²) in [5.74, 6) is 1.17. The monoisotopic (exact) mass is 260 g/mol. The van der Waals surface area contributed by atoms with Crippen LogP contribution in [0.25, 0.3) is 0 Å². The molecule has 0 saturated carbocycles. The summed E-state index contributed by atoms with van der Waals surface area (Å²) in [6.45, 7) is 5.49. The van der Waals surface area contributed by atoms with Gasteiger partial charge >= 0.3 is 0 Å². The van der Waals surface area contributed by atoms with E-state index in [1.165, 1.54) is 43.7 Å². The second-order valence-electron chi connectivity index (χ2n) is 5.66. The number of pyridine rings is 1. The van der Waals surface area contributed by atoms with Gasteiger partial charge in [-0.1, -0.05) is 6.07 Å². The molecule has 2 N–H and O–H groups in total. The van der Waals surface area contributed by atoms with Gasteiger partial charge in [-0.3, -0.25) is 4.90 Å². The van der Waals surface area contributed by atoms with E-state index in [0.717, 1.165) is 25.6 Å². The van der Waals surface area contributed by atoms with Crippen molar-refractivity contribution in [1.82, 2.24) is 9.88 Å². The predicted octanol–water partition coefficient (Wildman–Crippen LogP) is 1.26. The van der Waals surface area contributed by atoms with Crippen LogP contribution in [0.1, 0.15) is 24.8 Å². The van der Waals surface area contributed by atoms with Crippen LogP contribution in [0, 0.1) is 0 Å². The molecule has 0 radical (unpaired) electrons. The van der Waals surface area contributed by atoms with Gasteiger partial charge in [0.15, 0.2) is 0 Å². The molecule has 2 fully saturated rings. The lowest BCUT2D eigenvalue weighted by molar-refractivity contribution is 0.273. The fourth-order valence-electron chi connectivity index (χ4n) is 3.46. The van der Waals surface area contributed by atoms with Crippen molar-refractivity contribution in [3.63, 3.8) is 0 Å². The van der Waals surface area contributed by atoms with E-state index in [1.54, 1.807) is 0 Å². The average molecular weight is 260 g/mol. The van der Waals surface area contributed by atoms with Crippen molar-refractivity contribution in [3.05, 3.63) is 23.9 Å². The molecule has 19 heavy (non-hydrogen) atoms. The quantitative estimate of drug-likeness (QED) is 0.888. The largest absolute Gasteiger partial charge is 0.355 e. The second kappa shape index (κ2) is 5.88. The molecular formula is C15H24N4. The highest BCUT2D eigenvalue weighted by Gasteiger charge is 2.29. The zero-order valence-corrected chi connectivity index (χ0v) is 11.6. The number of anilines is 1. The molecule has 0 aliphatic carbocycles. The Labute approximate surface area is 115 Å². The molecule has 1 aromatic heterocycles. The Bertz CT molecular complexity index is 420. The number of nitrogens with zero attached hydrogens (tertiary/aromatic N) is 3. The van der Waals surface area contributed by atoms with Crippen molar-refractivity contribution in [2.45, 2.75) is 31.7 Å². The number of nitrogens with two attached hydrogens (primary N) is 1. The Balaban J connectivity index is 1.80. The summed E-state index contributed by atoms with van der Waals surface area (Å²) in [6.07, 6.45) is 6.78. The number of fused-ring (bicyclic) bond motifs is 1. The van der Waals surface area contributed by atoms with Gasteiger partial charge in [0, 0.05) is 31.9 Å². The molecule has 3 heterocycles. The van der Waals surface area contributed by atoms with E-state index in [9.17, 15) is 0 Å². The molecule has 1 atom stereocenters. The second-order valence-corrected chi connectivity index (χ2v) is 5.66. The van der Waals surface area contributed by atoms with Crippen LogP contribution in [0.15, 0.2) is 18.3 Å². The highest BCUT2D eigenvalue weighted by molar-refractivity contribution is 5.47. The summed E-state index contributed by atoms with van der Waals surface area (Å²) in [5, 5.41) is 0. The van der Waals surface area contributed by atoms with Crippen molar-refractivity contribution < 1.29 is 0 Å². The van der Waals surface area contributed by atoms with E-state index in [4.69, 9.17) is 5.73 Å². The first-order valence-corrected chi connectivity index (χ1v) is 7.51. The number of hydrogen-bond acceptors (Lipinski definition) is 4. The molecule has 1 aromatic rings. The molecule has 2 aliphatic rings. The van der Waals surface area contributed by atoms with Gasteiger partial charge in [0.25, 0.3) is 0 Å². The lowest BCUT2D eigenvalue weighted by atomic mass is 10.1. The van der Waals surface area contributed by atoms with Crippen molar-refractivity contribution >= 4 is 5.82 Å². The van der Waals surface area contributed by atoms with Crippen LogP contribution in [0.2, 0.25) is 0 Å². The Kier molecular flexibility index (Phi) is 3.99. The van der Waals surface area contributed by atoms with Crippen molar-refractivity contribution in [2.75, 3.05) is 37.6 Å². The zero-order valence-electron chi connectivity index (χ0n) is 11.6. The molecule has 2 saturated heterocycles. The van der Waals surface area contributed by atoms with Gasteiger partial charge in [-0.05, 0) is 50.4 Å². The third-order valence-electron chi connectivity index (χ3n) is 4.38. The smallest absolute Gasteiger partial charge is 0.131 e. The van der Waals surface area contributed by atoms with Crippen LogP contribution in [0.3, 0.4) is 0 Å². The van der Waals surface area contributed by atoms with Gasteiger partial charge in [0.1, 0.15) is 5.82 Å². The minimum absolute atomic E-state index is 0.697. The summed E-state index contributed by atoms with van der Waals surface area (Å²) >= 11 is 0. The summed E-state index contributed by atoms with van der Waals surface area (Å²) in [4.78, 5) is 9.77. The van der Waals surface area contributed by atoms with E-state index in [-0.39, 0.29) is 0 Å². The molecule has 0 amide bonds. The van der Waals surface area contributed by atoms with Crippen LogP contribution in [-0.2, 0) is 6.42 Å². The lowest BCUT2D eigenvalue weighted by Gasteiger charge is -2.27. The fraction of sp³-hybridized carbons (Fsp3) is 0.667. The first kappa shape index (κ1) is 12.9. The summed E-state index contributed by atoms with van der Waals surface area (Å²) in [6, 6.07) is 4.93. The van der Waals surface area contributed by atoms with Gasteiger partial charge in [-0.25, -0.2) is 4.98 Å². The van der Waals surface area contributed by atoms with E-state index in [2.05, 4.69) is 20.9 Å². The fourth-order valence-corrected chi connectivity index (χ4v) is 3.46. The average Bonchev–Trinajstić information content (AvgIpc) is 2.77. The highest BCUT2D eigenvalue weighted by atomic mass is 15.3. The Morgan fingerprint density at radius 1 is 1.26 bits per heavy atom. The SMILES string of the molecule is NCCc1cccnc1N1CCCN2CCCC2C1. The van der Waals surface area contributed by atoms with Crippen molar-refractivity contribution in [3.8, 4) is 0 Å². The van der Waals surface area contributed by atoms with E-state index in [0.29, 0.717) is 6.54 Å². The van der Waals surface area contributed by atoms with Gasteiger partial charge in [0.05, 0.1) is 0 Å². The molecule has 4 heteroatoms. The maximum absolute atomic E-state index is 5.72. The number of hydrogen-bond donors (Lipinski definition) is 1. The number of aromatic nitrogens is 1. The maximum Gasteiger partial charge on any atom is 0.131 e. The van der Waals surface area contributed by atoms with E-state index in [1.807, 2.05) is 12.3 Å². The Hall–Kier alpha value is -1.13. The van der Waals surface area contributed by atoms with Gasteiger partial charge in [0.2, 0.25) is 0 Å². The Morgan fingerprint density at radius 2 is 2.16 bits per heavy atom. The molecule has 1 unspecified atom stereocenters. The van der Waals surface area contributed by atoms with E-state index < -0.39 is 0 Å². The summed E-state index contributed by atoms with van der Waals surface area (Å²) in [5.41, 5.74) is 7.02. The third kappa shape index (κ3) is 2.74. The topological polar surface area (TPSA) is 45.4 Å². The van der Waals surface area contributed by atoms with Crippen LogP contribution < -0.4 is 10.6 Å². The number of rotatable bonds is 3. The molecular weight excluding hydrogens is 236 g/mol. The predicted molar refractivity (Wildman–Crippen MR) is 78.4 cm³/mol. The standard InChI is InChI=1S/C15H24N4/c16-7-6-13-4-1-8-17-15(13)19-11-3-10-18-9-2-5-14(18)12-19/h1,4,8,14H,2-3,5-7,9-12,16H2. The van der Waals surface area contributed by atoms with Crippen molar-refractivity contribution in [2.24, 2.45) is 5.73 Å². The molecule has 4 nitrogen and oxygen atoms in total. The minimum atomic E-state index is 0.697. The van der Waals surface area contributed by atoms with Gasteiger partial charge < -0.3 is 10.6 Å². The maximum atomic E-state index is 5.72. The molecule has 104 valence electrons. The molecule has 0 aromatic carbocycles. The molecule has 0 bridgehead atoms. The molecule has 0 spiro atoms. The van der Waals surface area contributed by atoms with Gasteiger partial charge in [-0.15, -0.1) is 0 Å².